The van der Waals surface area contributed by atoms with Crippen LogP contribution < -0.4 is 5.32 Å². The fraction of sp³-hybridized carbons (Fsp3) is 0.250. The van der Waals surface area contributed by atoms with E-state index in [1.807, 2.05) is 22.9 Å². The molecule has 0 unspecified atom stereocenters. The molecule has 0 atom stereocenters. The molecule has 1 aliphatic rings. The lowest BCUT2D eigenvalue weighted by Gasteiger charge is -2.11. The molecule has 1 aromatic carbocycles. The van der Waals surface area contributed by atoms with E-state index in [9.17, 15) is 0 Å². The predicted molar refractivity (Wildman–Crippen MR) is 61.9 cm³/mol. The van der Waals surface area contributed by atoms with Crippen molar-refractivity contribution in [1.82, 2.24) is 20.1 Å². The van der Waals surface area contributed by atoms with E-state index in [4.69, 9.17) is 5.26 Å². The molecule has 0 aliphatic carbocycles. The van der Waals surface area contributed by atoms with Gasteiger partial charge >= 0.3 is 0 Å². The van der Waals surface area contributed by atoms with Gasteiger partial charge in [-0.1, -0.05) is 12.1 Å². The molecule has 0 saturated carbocycles. The number of nitrogens with zero attached hydrogens (tertiary/aromatic N) is 4. The van der Waals surface area contributed by atoms with Gasteiger partial charge in [0.1, 0.15) is 5.82 Å². The number of hydrogen-bond acceptors (Lipinski definition) is 4. The van der Waals surface area contributed by atoms with E-state index in [0.717, 1.165) is 31.0 Å². The molecular weight excluding hydrogens is 214 g/mol. The van der Waals surface area contributed by atoms with E-state index in [1.54, 1.807) is 6.07 Å². The average molecular weight is 225 g/mol. The average Bonchev–Trinajstić information content (AvgIpc) is 2.82. The molecule has 1 aliphatic heterocycles. The second-order valence-corrected chi connectivity index (χ2v) is 3.94. The summed E-state index contributed by atoms with van der Waals surface area (Å²) in [7, 11) is 0. The summed E-state index contributed by atoms with van der Waals surface area (Å²) < 4.78 is 1.92. The van der Waals surface area contributed by atoms with Crippen molar-refractivity contribution in [1.29, 1.82) is 5.26 Å². The Morgan fingerprint density at radius 3 is 3.18 bits per heavy atom. The number of aromatic nitrogens is 3. The summed E-state index contributed by atoms with van der Waals surface area (Å²) in [4.78, 5) is 4.48. The molecule has 0 fully saturated rings. The molecule has 1 aromatic heterocycles. The van der Waals surface area contributed by atoms with Crippen LogP contribution >= 0.6 is 0 Å². The van der Waals surface area contributed by atoms with Gasteiger partial charge in [-0.25, -0.2) is 9.67 Å². The van der Waals surface area contributed by atoms with Crippen molar-refractivity contribution < 1.29 is 0 Å². The molecule has 0 bridgehead atoms. The Bertz CT molecular complexity index is 570. The van der Waals surface area contributed by atoms with E-state index in [-0.39, 0.29) is 0 Å². The van der Waals surface area contributed by atoms with Crippen molar-refractivity contribution in [3.05, 3.63) is 35.7 Å². The molecule has 1 N–H and O–H groups in total. The normalized spacial score (nSPS) is 14.1. The van der Waals surface area contributed by atoms with Crippen LogP contribution in [0.25, 0.3) is 11.4 Å². The maximum absolute atomic E-state index is 8.87. The standard InChI is InChI=1S/C12H11N5/c13-7-9-2-1-3-10(6-9)12-15-11-8-14-4-5-17(11)16-12/h1-3,6,14H,4-5,8H2. The second-order valence-electron chi connectivity index (χ2n) is 3.94. The minimum Gasteiger partial charge on any atom is -0.308 e. The van der Waals surface area contributed by atoms with Gasteiger partial charge in [-0.05, 0) is 12.1 Å². The van der Waals surface area contributed by atoms with Gasteiger partial charge in [0.25, 0.3) is 0 Å². The Morgan fingerprint density at radius 2 is 2.35 bits per heavy atom. The van der Waals surface area contributed by atoms with Gasteiger partial charge in [-0.3, -0.25) is 0 Å². The minimum atomic E-state index is 0.633. The van der Waals surface area contributed by atoms with Gasteiger partial charge in [0, 0.05) is 12.1 Å². The van der Waals surface area contributed by atoms with Gasteiger partial charge in [-0.15, -0.1) is 0 Å². The first-order valence-electron chi connectivity index (χ1n) is 5.52. The highest BCUT2D eigenvalue weighted by molar-refractivity contribution is 5.57. The van der Waals surface area contributed by atoms with E-state index < -0.39 is 0 Å². The zero-order chi connectivity index (χ0) is 11.7. The van der Waals surface area contributed by atoms with Crippen LogP contribution in [0.5, 0.6) is 0 Å². The van der Waals surface area contributed by atoms with Crippen LogP contribution in [0.15, 0.2) is 24.3 Å². The van der Waals surface area contributed by atoms with E-state index >= 15 is 0 Å². The summed E-state index contributed by atoms with van der Waals surface area (Å²) in [5, 5.41) is 16.6. The molecule has 0 amide bonds. The highest BCUT2D eigenvalue weighted by Crippen LogP contribution is 2.17. The number of nitriles is 1. The Hall–Kier alpha value is -2.19. The molecular formula is C12H11N5. The molecule has 2 aromatic rings. The Balaban J connectivity index is 2.03. The van der Waals surface area contributed by atoms with Crippen molar-refractivity contribution >= 4 is 0 Å². The SMILES string of the molecule is N#Cc1cccc(-c2nc3n(n2)CCNC3)c1. The zero-order valence-electron chi connectivity index (χ0n) is 9.22. The van der Waals surface area contributed by atoms with Crippen molar-refractivity contribution in [3.63, 3.8) is 0 Å². The number of hydrogen-bond donors (Lipinski definition) is 1. The highest BCUT2D eigenvalue weighted by Gasteiger charge is 2.14. The lowest BCUT2D eigenvalue weighted by molar-refractivity contribution is 0.469. The molecule has 0 radical (unpaired) electrons. The maximum atomic E-state index is 8.87. The third kappa shape index (κ3) is 1.79. The Labute approximate surface area is 98.7 Å². The summed E-state index contributed by atoms with van der Waals surface area (Å²) in [6.07, 6.45) is 0. The first kappa shape index (κ1) is 10.00. The van der Waals surface area contributed by atoms with Gasteiger partial charge in [-0.2, -0.15) is 10.4 Å². The first-order valence-corrected chi connectivity index (χ1v) is 5.52. The molecule has 2 heterocycles. The Kier molecular flexibility index (Phi) is 2.35. The fourth-order valence-corrected chi connectivity index (χ4v) is 1.92. The van der Waals surface area contributed by atoms with Crippen LogP contribution in [0, 0.1) is 11.3 Å². The predicted octanol–water partition coefficient (Wildman–Crippen LogP) is 0.920. The summed E-state index contributed by atoms with van der Waals surface area (Å²) >= 11 is 0. The topological polar surface area (TPSA) is 66.5 Å². The number of rotatable bonds is 1. The third-order valence-electron chi connectivity index (χ3n) is 2.78. The molecule has 17 heavy (non-hydrogen) atoms. The van der Waals surface area contributed by atoms with Crippen LogP contribution in [0.3, 0.4) is 0 Å². The van der Waals surface area contributed by atoms with Crippen LogP contribution in [0.1, 0.15) is 11.4 Å². The van der Waals surface area contributed by atoms with Crippen LogP contribution in [0.4, 0.5) is 0 Å². The quantitative estimate of drug-likeness (QED) is 0.783. The molecule has 84 valence electrons. The monoisotopic (exact) mass is 225 g/mol. The van der Waals surface area contributed by atoms with Crippen LogP contribution in [-0.2, 0) is 13.1 Å². The smallest absolute Gasteiger partial charge is 0.181 e. The van der Waals surface area contributed by atoms with Gasteiger partial charge in [0.2, 0.25) is 0 Å². The minimum absolute atomic E-state index is 0.633. The van der Waals surface area contributed by atoms with Crippen molar-refractivity contribution in [3.8, 4) is 17.5 Å². The number of benzene rings is 1. The highest BCUT2D eigenvalue weighted by atomic mass is 15.4. The molecule has 5 heteroatoms. The summed E-state index contributed by atoms with van der Waals surface area (Å²) in [6.45, 7) is 2.53. The van der Waals surface area contributed by atoms with Gasteiger partial charge in [0.05, 0.1) is 24.7 Å². The van der Waals surface area contributed by atoms with E-state index in [1.165, 1.54) is 0 Å². The van der Waals surface area contributed by atoms with Crippen molar-refractivity contribution in [2.45, 2.75) is 13.1 Å². The van der Waals surface area contributed by atoms with Crippen LogP contribution in [0.2, 0.25) is 0 Å². The van der Waals surface area contributed by atoms with Crippen LogP contribution in [-0.4, -0.2) is 21.3 Å². The first-order chi connectivity index (χ1) is 8.36. The summed E-state index contributed by atoms with van der Waals surface area (Å²) in [6, 6.07) is 9.50. The number of nitrogens with one attached hydrogen (secondary N) is 1. The maximum Gasteiger partial charge on any atom is 0.181 e. The van der Waals surface area contributed by atoms with Crippen molar-refractivity contribution in [2.75, 3.05) is 6.54 Å². The van der Waals surface area contributed by atoms with Crippen molar-refractivity contribution in [2.24, 2.45) is 0 Å². The van der Waals surface area contributed by atoms with Gasteiger partial charge in [0.15, 0.2) is 5.82 Å². The second kappa shape index (κ2) is 4.00. The fourth-order valence-electron chi connectivity index (χ4n) is 1.92. The lowest BCUT2D eigenvalue weighted by Crippen LogP contribution is -2.28. The molecule has 3 rings (SSSR count). The summed E-state index contributed by atoms with van der Waals surface area (Å²) in [5.41, 5.74) is 1.53. The van der Waals surface area contributed by atoms with Gasteiger partial charge < -0.3 is 5.32 Å². The molecule has 0 saturated heterocycles. The number of fused-ring (bicyclic) bond motifs is 1. The summed E-state index contributed by atoms with van der Waals surface area (Å²) in [5.74, 6) is 1.65. The molecule has 5 nitrogen and oxygen atoms in total. The largest absolute Gasteiger partial charge is 0.308 e. The van der Waals surface area contributed by atoms with E-state index in [2.05, 4.69) is 21.5 Å². The zero-order valence-corrected chi connectivity index (χ0v) is 9.22. The van der Waals surface area contributed by atoms with E-state index in [0.29, 0.717) is 11.4 Å². The third-order valence-corrected chi connectivity index (χ3v) is 2.78. The molecule has 0 spiro atoms. The Morgan fingerprint density at radius 1 is 1.41 bits per heavy atom. The lowest BCUT2D eigenvalue weighted by atomic mass is 10.1.